The van der Waals surface area contributed by atoms with Crippen LogP contribution < -0.4 is 5.32 Å². The summed E-state index contributed by atoms with van der Waals surface area (Å²) in [5.74, 6) is -0.267. The molecule has 0 bridgehead atoms. The Kier molecular flexibility index (Phi) is 5.61. The first-order chi connectivity index (χ1) is 9.22. The highest BCUT2D eigenvalue weighted by Crippen LogP contribution is 2.23. The van der Waals surface area contributed by atoms with Crippen molar-refractivity contribution in [2.75, 3.05) is 19.6 Å². The third-order valence-electron chi connectivity index (χ3n) is 3.71. The van der Waals surface area contributed by atoms with Crippen molar-refractivity contribution < 1.29 is 4.39 Å². The Hall–Kier alpha value is -0.640. The first kappa shape index (κ1) is 14.8. The molecule has 106 valence electrons. The van der Waals surface area contributed by atoms with Crippen LogP contribution in [-0.2, 0) is 6.54 Å². The molecule has 2 nitrogen and oxygen atoms in total. The van der Waals surface area contributed by atoms with Gasteiger partial charge < -0.3 is 5.32 Å². The van der Waals surface area contributed by atoms with Crippen LogP contribution in [-0.4, -0.2) is 30.6 Å². The van der Waals surface area contributed by atoms with Crippen molar-refractivity contribution in [3.63, 3.8) is 0 Å². The van der Waals surface area contributed by atoms with E-state index in [2.05, 4.69) is 17.1 Å². The van der Waals surface area contributed by atoms with E-state index in [-0.39, 0.29) is 10.8 Å². The van der Waals surface area contributed by atoms with Gasteiger partial charge in [-0.3, -0.25) is 4.90 Å². The maximum Gasteiger partial charge on any atom is 0.146 e. The third-order valence-corrected chi connectivity index (χ3v) is 4.00. The molecule has 1 heterocycles. The molecule has 1 unspecified atom stereocenters. The second-order valence-electron chi connectivity index (χ2n) is 5.18. The maximum absolute atomic E-state index is 13.9. The van der Waals surface area contributed by atoms with E-state index in [1.165, 1.54) is 12.8 Å². The van der Waals surface area contributed by atoms with Crippen molar-refractivity contribution in [1.82, 2.24) is 10.2 Å². The molecule has 0 spiro atoms. The second-order valence-corrected chi connectivity index (χ2v) is 5.59. The molecule has 1 saturated heterocycles. The van der Waals surface area contributed by atoms with Gasteiger partial charge in [-0.2, -0.15) is 0 Å². The molecule has 1 aromatic rings. The van der Waals surface area contributed by atoms with Gasteiger partial charge in [-0.1, -0.05) is 30.7 Å². The van der Waals surface area contributed by atoms with Gasteiger partial charge in [0.1, 0.15) is 5.82 Å². The van der Waals surface area contributed by atoms with E-state index < -0.39 is 0 Å². The Morgan fingerprint density at radius 2 is 2.32 bits per heavy atom. The van der Waals surface area contributed by atoms with Crippen LogP contribution in [0.25, 0.3) is 0 Å². The molecular formula is C15H22ClFN2. The van der Waals surface area contributed by atoms with Crippen LogP contribution >= 0.6 is 11.6 Å². The normalized spacial score (nSPS) is 20.1. The van der Waals surface area contributed by atoms with Gasteiger partial charge in [-0.25, -0.2) is 4.39 Å². The molecule has 0 amide bonds. The number of nitrogens with zero attached hydrogens (tertiary/aromatic N) is 1. The molecule has 1 aliphatic rings. The molecule has 0 saturated carbocycles. The minimum atomic E-state index is -0.267. The van der Waals surface area contributed by atoms with Gasteiger partial charge in [0.05, 0.1) is 5.02 Å². The Morgan fingerprint density at radius 1 is 1.47 bits per heavy atom. The molecule has 4 heteroatoms. The summed E-state index contributed by atoms with van der Waals surface area (Å²) in [6.07, 6.45) is 3.54. The van der Waals surface area contributed by atoms with Crippen LogP contribution in [0.5, 0.6) is 0 Å². The smallest absolute Gasteiger partial charge is 0.146 e. The Bertz CT molecular complexity index is 411. The zero-order valence-corrected chi connectivity index (χ0v) is 12.2. The highest BCUT2D eigenvalue weighted by molar-refractivity contribution is 6.30. The first-order valence-corrected chi connectivity index (χ1v) is 7.47. The predicted octanol–water partition coefficient (Wildman–Crippen LogP) is 3.44. The van der Waals surface area contributed by atoms with Gasteiger partial charge in [0.25, 0.3) is 0 Å². The SMILES string of the molecule is CCCNCC1CCCN1Cc1cccc(Cl)c1F. The number of nitrogens with one attached hydrogen (secondary N) is 1. The number of rotatable bonds is 6. The van der Waals surface area contributed by atoms with E-state index in [9.17, 15) is 4.39 Å². The molecule has 0 radical (unpaired) electrons. The van der Waals surface area contributed by atoms with E-state index in [0.29, 0.717) is 18.2 Å². The van der Waals surface area contributed by atoms with E-state index in [1.807, 2.05) is 12.1 Å². The summed E-state index contributed by atoms with van der Waals surface area (Å²) in [6, 6.07) is 5.77. The summed E-state index contributed by atoms with van der Waals surface area (Å²) < 4.78 is 13.9. The second kappa shape index (κ2) is 7.22. The molecular weight excluding hydrogens is 263 g/mol. The molecule has 1 aliphatic heterocycles. The van der Waals surface area contributed by atoms with Crippen molar-refractivity contribution in [3.05, 3.63) is 34.6 Å². The Morgan fingerprint density at radius 3 is 3.11 bits per heavy atom. The number of hydrogen-bond acceptors (Lipinski definition) is 2. The summed E-state index contributed by atoms with van der Waals surface area (Å²) in [4.78, 5) is 2.36. The zero-order chi connectivity index (χ0) is 13.7. The lowest BCUT2D eigenvalue weighted by Crippen LogP contribution is -2.37. The lowest BCUT2D eigenvalue weighted by molar-refractivity contribution is 0.236. The first-order valence-electron chi connectivity index (χ1n) is 7.10. The predicted molar refractivity (Wildman–Crippen MR) is 78.0 cm³/mol. The maximum atomic E-state index is 13.9. The quantitative estimate of drug-likeness (QED) is 0.805. The van der Waals surface area contributed by atoms with Gasteiger partial charge in [0, 0.05) is 24.7 Å². The van der Waals surface area contributed by atoms with Crippen LogP contribution in [0.3, 0.4) is 0 Å². The lowest BCUT2D eigenvalue weighted by atomic mass is 10.1. The minimum Gasteiger partial charge on any atom is -0.315 e. The number of halogens is 2. The van der Waals surface area contributed by atoms with Gasteiger partial charge in [-0.15, -0.1) is 0 Å². The average Bonchev–Trinajstić information content (AvgIpc) is 2.83. The summed E-state index contributed by atoms with van der Waals surface area (Å²) in [5, 5.41) is 3.68. The Labute approximate surface area is 119 Å². The number of likely N-dealkylation sites (tertiary alicyclic amines) is 1. The van der Waals surface area contributed by atoms with E-state index in [0.717, 1.165) is 26.1 Å². The van der Waals surface area contributed by atoms with Crippen molar-refractivity contribution in [2.45, 2.75) is 38.8 Å². The summed E-state index contributed by atoms with van der Waals surface area (Å²) in [7, 11) is 0. The summed E-state index contributed by atoms with van der Waals surface area (Å²) in [6.45, 7) is 5.92. The van der Waals surface area contributed by atoms with Crippen LogP contribution in [0.2, 0.25) is 5.02 Å². The monoisotopic (exact) mass is 284 g/mol. The summed E-state index contributed by atoms with van der Waals surface area (Å²) >= 11 is 5.83. The highest BCUT2D eigenvalue weighted by Gasteiger charge is 2.24. The van der Waals surface area contributed by atoms with Crippen molar-refractivity contribution in [1.29, 1.82) is 0 Å². The fourth-order valence-corrected chi connectivity index (χ4v) is 2.86. The Balaban J connectivity index is 1.95. The highest BCUT2D eigenvalue weighted by atomic mass is 35.5. The fraction of sp³-hybridized carbons (Fsp3) is 0.600. The molecule has 2 rings (SSSR count). The van der Waals surface area contributed by atoms with Gasteiger partial charge in [-0.05, 0) is 38.4 Å². The third kappa shape index (κ3) is 3.91. The topological polar surface area (TPSA) is 15.3 Å². The molecule has 0 aliphatic carbocycles. The van der Waals surface area contributed by atoms with Crippen molar-refractivity contribution in [3.8, 4) is 0 Å². The number of benzene rings is 1. The van der Waals surface area contributed by atoms with Crippen molar-refractivity contribution in [2.24, 2.45) is 0 Å². The van der Waals surface area contributed by atoms with Crippen LogP contribution in [0.4, 0.5) is 4.39 Å². The van der Waals surface area contributed by atoms with Crippen molar-refractivity contribution >= 4 is 11.6 Å². The zero-order valence-electron chi connectivity index (χ0n) is 11.5. The molecule has 19 heavy (non-hydrogen) atoms. The van der Waals surface area contributed by atoms with Gasteiger partial charge in [0.15, 0.2) is 0 Å². The fourth-order valence-electron chi connectivity index (χ4n) is 2.67. The van der Waals surface area contributed by atoms with E-state index in [4.69, 9.17) is 11.6 Å². The van der Waals surface area contributed by atoms with Gasteiger partial charge >= 0.3 is 0 Å². The minimum absolute atomic E-state index is 0.220. The van der Waals surface area contributed by atoms with Gasteiger partial charge in [0.2, 0.25) is 0 Å². The van der Waals surface area contributed by atoms with E-state index in [1.54, 1.807) is 6.07 Å². The summed E-state index contributed by atoms with van der Waals surface area (Å²) in [5.41, 5.74) is 0.704. The lowest BCUT2D eigenvalue weighted by Gasteiger charge is -2.25. The van der Waals surface area contributed by atoms with Crippen LogP contribution in [0.1, 0.15) is 31.7 Å². The molecule has 1 aromatic carbocycles. The molecule has 1 N–H and O–H groups in total. The number of hydrogen-bond donors (Lipinski definition) is 1. The largest absolute Gasteiger partial charge is 0.315 e. The molecule has 0 aromatic heterocycles. The standard InChI is InChI=1S/C15H22ClFN2/c1-2-8-18-10-13-6-4-9-19(13)11-12-5-3-7-14(16)15(12)17/h3,5,7,13,18H,2,4,6,8-11H2,1H3. The van der Waals surface area contributed by atoms with Crippen LogP contribution in [0, 0.1) is 5.82 Å². The van der Waals surface area contributed by atoms with Crippen LogP contribution in [0.15, 0.2) is 18.2 Å². The molecule has 1 fully saturated rings. The average molecular weight is 285 g/mol. The van der Waals surface area contributed by atoms with E-state index >= 15 is 0 Å². The molecule has 1 atom stereocenters.